The van der Waals surface area contributed by atoms with Gasteiger partial charge in [0.05, 0.1) is 11.4 Å². The van der Waals surface area contributed by atoms with Gasteiger partial charge in [-0.15, -0.1) is 0 Å². The summed E-state index contributed by atoms with van der Waals surface area (Å²) in [5, 5.41) is 16.9. The minimum atomic E-state index is 0. The van der Waals surface area contributed by atoms with Crippen LogP contribution in [0.25, 0.3) is 10.8 Å². The van der Waals surface area contributed by atoms with Crippen LogP contribution in [0.1, 0.15) is 11.4 Å². The Bertz CT molecular complexity index is 472. The molecule has 0 aromatic carbocycles. The van der Waals surface area contributed by atoms with E-state index in [0.29, 0.717) is 0 Å². The number of hydrogen-bond donors (Lipinski definition) is 0. The van der Waals surface area contributed by atoms with Gasteiger partial charge in [0, 0.05) is 37.2 Å². The van der Waals surface area contributed by atoms with Gasteiger partial charge in [0.2, 0.25) is 0 Å². The number of aromatic nitrogens is 4. The number of isothiocyanates is 2. The normalized spacial score (nSPS) is 6.00. The van der Waals surface area contributed by atoms with Crippen LogP contribution < -0.4 is 0 Å². The molecule has 0 fully saturated rings. The van der Waals surface area contributed by atoms with Gasteiger partial charge < -0.3 is 21.8 Å². The van der Waals surface area contributed by atoms with Crippen molar-refractivity contribution < 1.29 is 27.4 Å². The van der Waals surface area contributed by atoms with Gasteiger partial charge in [-0.3, -0.25) is 19.9 Å². The molecule has 6 N–H and O–H groups in total. The first-order valence-electron chi connectivity index (χ1n) is 5.10. The molecule has 0 saturated heterocycles. The first-order valence-corrected chi connectivity index (χ1v) is 5.91. The summed E-state index contributed by atoms with van der Waals surface area (Å²) in [6, 6.07) is 0. The van der Waals surface area contributed by atoms with Crippen molar-refractivity contribution in [3.8, 4) is 0 Å². The zero-order chi connectivity index (χ0) is 15.6. The molecule has 23 heavy (non-hydrogen) atoms. The maximum atomic E-state index is 7.13. The van der Waals surface area contributed by atoms with E-state index in [1.165, 1.54) is 10.3 Å². The van der Waals surface area contributed by atoms with E-state index in [1.807, 2.05) is 13.8 Å². The molecule has 0 spiro atoms. The van der Waals surface area contributed by atoms with Crippen molar-refractivity contribution in [2.24, 2.45) is 0 Å². The zero-order valence-corrected chi connectivity index (χ0v) is 15.1. The minimum absolute atomic E-state index is 0. The molecule has 11 heteroatoms. The third-order valence-electron chi connectivity index (χ3n) is 1.38. The molecule has 2 aromatic heterocycles. The largest absolute Gasteiger partial charge is 2.00 e. The minimum Gasteiger partial charge on any atom is -0.753 e. The number of aryl methyl sites for hydroxylation is 2. The van der Waals surface area contributed by atoms with Gasteiger partial charge in [-0.25, -0.2) is 0 Å². The SMILES string of the molecule is Cc1cnccn1.Cc1cnccn1.[N-]=C=S.[N-]=C=S.[Ni+2].[OH3+].[OH3+]. The van der Waals surface area contributed by atoms with Crippen molar-refractivity contribution in [3.63, 3.8) is 0 Å². The Morgan fingerprint density at radius 2 is 1.04 bits per heavy atom. The van der Waals surface area contributed by atoms with Gasteiger partial charge in [0.25, 0.3) is 0 Å². The third-order valence-corrected chi connectivity index (χ3v) is 1.38. The summed E-state index contributed by atoms with van der Waals surface area (Å²) in [6.45, 7) is 3.82. The molecule has 0 atom stereocenters. The number of thiocarbonyl (C=S) groups is 2. The molecule has 2 heterocycles. The van der Waals surface area contributed by atoms with Crippen molar-refractivity contribution in [1.29, 1.82) is 0 Å². The molecule has 0 bridgehead atoms. The van der Waals surface area contributed by atoms with Crippen LogP contribution in [0.2, 0.25) is 0 Å². The fourth-order valence-corrected chi connectivity index (χ4v) is 0.747. The van der Waals surface area contributed by atoms with Gasteiger partial charge in [-0.05, 0) is 13.8 Å². The van der Waals surface area contributed by atoms with Crippen molar-refractivity contribution in [3.05, 3.63) is 59.4 Å². The molecule has 2 aromatic rings. The molecule has 128 valence electrons. The van der Waals surface area contributed by atoms with E-state index in [2.05, 4.69) is 44.4 Å². The van der Waals surface area contributed by atoms with Crippen LogP contribution in [-0.2, 0) is 27.4 Å². The molecule has 2 rings (SSSR count). The maximum absolute atomic E-state index is 7.13. The second kappa shape index (κ2) is 28.4. The van der Waals surface area contributed by atoms with E-state index in [-0.39, 0.29) is 27.4 Å². The van der Waals surface area contributed by atoms with Crippen molar-refractivity contribution in [1.82, 2.24) is 19.9 Å². The van der Waals surface area contributed by atoms with Crippen LogP contribution in [0.4, 0.5) is 0 Å². The van der Waals surface area contributed by atoms with Gasteiger partial charge in [0.15, 0.2) is 0 Å². The van der Waals surface area contributed by atoms with E-state index in [0.717, 1.165) is 11.4 Å². The first kappa shape index (κ1) is 32.9. The van der Waals surface area contributed by atoms with E-state index >= 15 is 0 Å². The smallest absolute Gasteiger partial charge is 0.753 e. The second-order valence-corrected chi connectivity index (χ2v) is 3.24. The molecule has 0 unspecified atom stereocenters. The Labute approximate surface area is 155 Å². The Kier molecular flexibility index (Phi) is 40.6. The van der Waals surface area contributed by atoms with E-state index < -0.39 is 0 Å². The maximum Gasteiger partial charge on any atom is 2.00 e. The van der Waals surface area contributed by atoms with Crippen molar-refractivity contribution in [2.45, 2.75) is 13.8 Å². The zero-order valence-electron chi connectivity index (χ0n) is 12.4. The number of hydrogen-bond acceptors (Lipinski definition) is 6. The summed E-state index contributed by atoms with van der Waals surface area (Å²) in [4.78, 5) is 15.5. The van der Waals surface area contributed by atoms with Gasteiger partial charge in [-0.2, -0.15) is 10.3 Å². The fraction of sp³-hybridized carbons (Fsp3) is 0.167. The third kappa shape index (κ3) is 33.2. The van der Waals surface area contributed by atoms with Crippen LogP contribution in [0.5, 0.6) is 0 Å². The van der Waals surface area contributed by atoms with Gasteiger partial charge >= 0.3 is 16.5 Å². The molecule has 0 aliphatic rings. The van der Waals surface area contributed by atoms with Crippen LogP contribution in [-0.4, -0.2) is 30.3 Å². The van der Waals surface area contributed by atoms with Gasteiger partial charge in [0.1, 0.15) is 0 Å². The summed E-state index contributed by atoms with van der Waals surface area (Å²) >= 11 is 7.40. The first-order chi connectivity index (χ1) is 9.62. The van der Waals surface area contributed by atoms with Crippen LogP contribution in [0, 0.1) is 13.8 Å². The molecular weight excluding hydrogens is 383 g/mol. The van der Waals surface area contributed by atoms with E-state index in [9.17, 15) is 0 Å². The predicted molar refractivity (Wildman–Crippen MR) is 95.2 cm³/mol. The summed E-state index contributed by atoms with van der Waals surface area (Å²) in [5.74, 6) is 0. The second-order valence-electron chi connectivity index (χ2n) is 2.88. The van der Waals surface area contributed by atoms with E-state index in [4.69, 9.17) is 10.8 Å². The summed E-state index contributed by atoms with van der Waals surface area (Å²) in [5.41, 5.74) is 1.92. The average molecular weight is 401 g/mol. The van der Waals surface area contributed by atoms with Crippen LogP contribution in [0.15, 0.2) is 37.2 Å². The number of nitrogens with zero attached hydrogens (tertiary/aromatic N) is 6. The molecule has 0 radical (unpaired) electrons. The Balaban J connectivity index is -0.0000000645. The summed E-state index contributed by atoms with van der Waals surface area (Å²) in [6.07, 6.45) is 10.1. The van der Waals surface area contributed by atoms with Crippen molar-refractivity contribution >= 4 is 34.8 Å². The molecule has 8 nitrogen and oxygen atoms in total. The molecule has 0 saturated carbocycles. The van der Waals surface area contributed by atoms with Crippen LogP contribution in [0.3, 0.4) is 0 Å². The monoisotopic (exact) mass is 400 g/mol. The molecule has 0 amide bonds. The van der Waals surface area contributed by atoms with Gasteiger partial charge in [-0.1, -0.05) is 24.4 Å². The quantitative estimate of drug-likeness (QED) is 0.277. The Morgan fingerprint density at radius 1 is 0.783 bits per heavy atom. The average Bonchev–Trinajstić information content (AvgIpc) is 2.43. The molecule has 0 aliphatic carbocycles. The summed E-state index contributed by atoms with van der Waals surface area (Å²) in [7, 11) is 0. The van der Waals surface area contributed by atoms with E-state index in [1.54, 1.807) is 37.2 Å². The topological polar surface area (TPSA) is 162 Å². The Morgan fingerprint density at radius 3 is 1.13 bits per heavy atom. The fourth-order valence-electron chi connectivity index (χ4n) is 0.747. The standard InChI is InChI=1S/2C5H6N2.2CNS.Ni.2H2O/c2*1-5-4-6-2-3-7-5;2*2-1-3;;;/h2*2-4H,1H3;;;;2*1H2/q;;2*-1;+2;;/p+2. The van der Waals surface area contributed by atoms with Crippen molar-refractivity contribution in [2.75, 3.05) is 0 Å². The summed E-state index contributed by atoms with van der Waals surface area (Å²) < 4.78 is 0. The molecule has 0 aliphatic heterocycles. The Hall–Kier alpha value is -1.83. The predicted octanol–water partition coefficient (Wildman–Crippen LogP) is 1.04. The number of rotatable bonds is 0. The molecular formula is C12H18N6NiO2S2+2. The van der Waals surface area contributed by atoms with Crippen LogP contribution >= 0.6 is 24.4 Å².